The summed E-state index contributed by atoms with van der Waals surface area (Å²) in [6.07, 6.45) is 5.85. The summed E-state index contributed by atoms with van der Waals surface area (Å²) >= 11 is 3.64. The maximum Gasteiger partial charge on any atom is 0.268 e. The van der Waals surface area contributed by atoms with Crippen LogP contribution >= 0.6 is 15.9 Å². The summed E-state index contributed by atoms with van der Waals surface area (Å²) in [6, 6.07) is 25.0. The first kappa shape index (κ1) is 36.8. The molecule has 0 amide bonds. The Balaban J connectivity index is 1.30. The summed E-state index contributed by atoms with van der Waals surface area (Å²) < 4.78 is 71.6. The molecule has 13 heteroatoms. The van der Waals surface area contributed by atoms with Gasteiger partial charge in [-0.05, 0) is 91.8 Å². The average molecular weight is 826 g/mol. The van der Waals surface area contributed by atoms with E-state index in [-0.39, 0.29) is 39.3 Å². The minimum Gasteiger partial charge on any atom is -0.454 e. The van der Waals surface area contributed by atoms with Gasteiger partial charge in [0.15, 0.2) is 23.2 Å². The van der Waals surface area contributed by atoms with Gasteiger partial charge in [0.2, 0.25) is 0 Å². The minimum absolute atomic E-state index is 0.0723. The molecule has 9 nitrogen and oxygen atoms in total. The van der Waals surface area contributed by atoms with E-state index in [1.807, 2.05) is 29.1 Å². The molecule has 7 aromatic rings. The molecule has 1 aliphatic rings. The minimum atomic E-state index is -4.06. The van der Waals surface area contributed by atoms with Crippen molar-refractivity contribution >= 4 is 36.9 Å². The fourth-order valence-electron chi connectivity index (χ4n) is 7.34. The van der Waals surface area contributed by atoms with E-state index in [0.29, 0.717) is 34.8 Å². The quantitative estimate of drug-likeness (QED) is 0.176. The van der Waals surface area contributed by atoms with Crippen LogP contribution in [0.25, 0.3) is 22.3 Å². The molecular formula is C42H39BrF2N6O3S. The highest BCUT2D eigenvalue weighted by Gasteiger charge is 2.37. The molecule has 282 valence electrons. The maximum absolute atomic E-state index is 16.5. The number of nitrogens with zero attached hydrogens (tertiary/aromatic N) is 6. The first-order chi connectivity index (χ1) is 26.2. The number of hydrogen-bond acceptors (Lipinski definition) is 6. The Kier molecular flexibility index (Phi) is 9.28. The largest absolute Gasteiger partial charge is 0.454 e. The highest BCUT2D eigenvalue weighted by atomic mass is 79.9. The van der Waals surface area contributed by atoms with E-state index < -0.39 is 27.1 Å². The lowest BCUT2D eigenvalue weighted by Gasteiger charge is -2.33. The second-order valence-electron chi connectivity index (χ2n) is 15.2. The normalized spacial score (nSPS) is 17.5. The average Bonchev–Trinajstić information content (AvgIpc) is 3.91. The molecule has 0 fully saturated rings. The zero-order chi connectivity index (χ0) is 38.7. The van der Waals surface area contributed by atoms with Crippen LogP contribution in [-0.4, -0.2) is 36.9 Å². The van der Waals surface area contributed by atoms with Crippen LogP contribution < -0.4 is 4.74 Å². The number of aromatic nitrogens is 6. The van der Waals surface area contributed by atoms with Gasteiger partial charge in [0.05, 0.1) is 27.1 Å². The molecule has 1 atom stereocenters. The van der Waals surface area contributed by atoms with Crippen molar-refractivity contribution in [1.29, 1.82) is 0 Å². The topological polar surface area (TPSA) is 96.8 Å². The lowest BCUT2D eigenvalue weighted by atomic mass is 9.72. The predicted octanol–water partition coefficient (Wildman–Crippen LogP) is 9.81. The molecule has 1 aliphatic heterocycles. The zero-order valence-electron chi connectivity index (χ0n) is 30.8. The van der Waals surface area contributed by atoms with Gasteiger partial charge < -0.3 is 4.74 Å². The smallest absolute Gasteiger partial charge is 0.268 e. The number of rotatable bonds is 3. The summed E-state index contributed by atoms with van der Waals surface area (Å²) in [5, 5.41) is 10.2. The van der Waals surface area contributed by atoms with Crippen LogP contribution in [0, 0.1) is 17.0 Å². The van der Waals surface area contributed by atoms with Crippen molar-refractivity contribution in [2.45, 2.75) is 63.3 Å². The lowest BCUT2D eigenvalue weighted by molar-refractivity contribution is 0.253. The van der Waals surface area contributed by atoms with Crippen molar-refractivity contribution in [1.82, 2.24) is 28.5 Å². The van der Waals surface area contributed by atoms with Crippen molar-refractivity contribution < 1.29 is 21.9 Å². The molecule has 0 N–H and O–H groups in total. The van der Waals surface area contributed by atoms with Gasteiger partial charge >= 0.3 is 0 Å². The van der Waals surface area contributed by atoms with Gasteiger partial charge in [0.25, 0.3) is 10.0 Å². The van der Waals surface area contributed by atoms with E-state index in [4.69, 9.17) is 19.9 Å². The molecule has 0 radical (unpaired) electrons. The first-order valence-corrected chi connectivity index (χ1v) is 20.3. The summed E-state index contributed by atoms with van der Waals surface area (Å²) in [4.78, 5) is 5.06. The zero-order valence-corrected chi connectivity index (χ0v) is 33.2. The summed E-state index contributed by atoms with van der Waals surface area (Å²) in [7, 11) is -2.33. The highest BCUT2D eigenvalue weighted by molar-refractivity contribution is 9.10. The third kappa shape index (κ3) is 6.88. The fraction of sp³-hybridized carbons (Fsp3) is 0.262. The molecular weight excluding hydrogens is 786 g/mol. The SMILES string of the molecule is Cn1nc2nc1-c1cc(ccc1F)Oc1c(F)cc3c(ccn3S(=O)(=O)c3ccccc3)c1Cc1ccn(n1)CCC(C)(C)CCC2(C)c1cccc(Br)c1. The molecule has 55 heavy (non-hydrogen) atoms. The third-order valence-electron chi connectivity index (χ3n) is 10.8. The van der Waals surface area contributed by atoms with Crippen LogP contribution in [0.1, 0.15) is 62.7 Å². The van der Waals surface area contributed by atoms with Gasteiger partial charge in [-0.25, -0.2) is 30.8 Å². The molecule has 0 aliphatic carbocycles. The molecule has 8 rings (SSSR count). The molecule has 4 heterocycles. The highest BCUT2D eigenvalue weighted by Crippen LogP contribution is 2.42. The number of hydrogen-bond donors (Lipinski definition) is 0. The van der Waals surface area contributed by atoms with Crippen molar-refractivity contribution in [3.8, 4) is 22.9 Å². The molecule has 3 aromatic heterocycles. The molecule has 0 spiro atoms. The van der Waals surface area contributed by atoms with Gasteiger partial charge in [-0.1, -0.05) is 60.1 Å². The summed E-state index contributed by atoms with van der Waals surface area (Å²) in [5.74, 6) is -0.440. The van der Waals surface area contributed by atoms with E-state index in [0.717, 1.165) is 39.3 Å². The van der Waals surface area contributed by atoms with Crippen LogP contribution in [0.15, 0.2) is 113 Å². The Hall–Kier alpha value is -5.14. The summed E-state index contributed by atoms with van der Waals surface area (Å²) in [6.45, 7) is 7.24. The van der Waals surface area contributed by atoms with E-state index in [1.165, 1.54) is 36.5 Å². The van der Waals surface area contributed by atoms with Crippen LogP contribution in [0.3, 0.4) is 0 Å². The lowest BCUT2D eigenvalue weighted by Crippen LogP contribution is -2.28. The van der Waals surface area contributed by atoms with E-state index in [9.17, 15) is 8.42 Å². The number of halogens is 3. The van der Waals surface area contributed by atoms with Crippen molar-refractivity contribution in [3.63, 3.8) is 0 Å². The van der Waals surface area contributed by atoms with Gasteiger partial charge in [-0.2, -0.15) is 10.2 Å². The Morgan fingerprint density at radius 3 is 2.42 bits per heavy atom. The van der Waals surface area contributed by atoms with Crippen LogP contribution in [0.4, 0.5) is 8.78 Å². The molecule has 1 unspecified atom stereocenters. The molecule has 0 saturated heterocycles. The van der Waals surface area contributed by atoms with Gasteiger partial charge in [-0.3, -0.25) is 4.68 Å². The number of aryl methyl sites for hydroxylation is 2. The first-order valence-electron chi connectivity index (χ1n) is 18.0. The molecule has 6 bridgehead atoms. The van der Waals surface area contributed by atoms with Crippen LogP contribution in [0.2, 0.25) is 0 Å². The van der Waals surface area contributed by atoms with Crippen LogP contribution in [-0.2, 0) is 35.5 Å². The van der Waals surface area contributed by atoms with Crippen LogP contribution in [0.5, 0.6) is 11.5 Å². The van der Waals surface area contributed by atoms with Gasteiger partial charge in [0, 0.05) is 53.9 Å². The fourth-order valence-corrected chi connectivity index (χ4v) is 9.10. The maximum atomic E-state index is 16.5. The Bertz CT molecular complexity index is 2690. The Morgan fingerprint density at radius 1 is 0.836 bits per heavy atom. The standard InChI is InChI=1S/C42H39BrF2N6O3S/c1-41(2)17-18-42(3,27-9-8-10-28(43)23-27)40-46-39(49(4)48-40)34-25-30(13-14-35(34)44)54-38-33(24-29-15-20-50(47-29)22-19-41)32-16-21-51(37(32)26-36(38)45)55(52,53)31-11-6-5-7-12-31/h5-16,20-21,23,25-26H,17-19,22,24H2,1-4H3. The molecule has 0 saturated carbocycles. The Labute approximate surface area is 326 Å². The molecule has 4 aromatic carbocycles. The summed E-state index contributed by atoms with van der Waals surface area (Å²) in [5.41, 5.74) is 1.64. The van der Waals surface area contributed by atoms with E-state index >= 15 is 8.78 Å². The second kappa shape index (κ2) is 13.9. The number of fused-ring (bicyclic) bond motifs is 10. The van der Waals surface area contributed by atoms with E-state index in [1.54, 1.807) is 36.0 Å². The monoisotopic (exact) mass is 824 g/mol. The van der Waals surface area contributed by atoms with Crippen molar-refractivity contribution in [2.75, 3.05) is 0 Å². The number of benzene rings is 4. The van der Waals surface area contributed by atoms with Crippen molar-refractivity contribution in [3.05, 3.63) is 142 Å². The third-order valence-corrected chi connectivity index (χ3v) is 13.0. The van der Waals surface area contributed by atoms with Gasteiger partial charge in [0.1, 0.15) is 11.6 Å². The second-order valence-corrected chi connectivity index (χ2v) is 17.9. The number of ether oxygens (including phenoxy) is 1. The predicted molar refractivity (Wildman–Crippen MR) is 211 cm³/mol. The van der Waals surface area contributed by atoms with E-state index in [2.05, 4.69) is 48.8 Å². The van der Waals surface area contributed by atoms with Gasteiger partial charge in [-0.15, -0.1) is 0 Å². The van der Waals surface area contributed by atoms with Crippen molar-refractivity contribution in [2.24, 2.45) is 12.5 Å². The Morgan fingerprint density at radius 2 is 1.64 bits per heavy atom.